The molecule has 1 atom stereocenters. The lowest BCUT2D eigenvalue weighted by Gasteiger charge is -2.32. The molecule has 5 aromatic rings. The average Bonchev–Trinajstić information content (AvgIpc) is 3.51. The van der Waals surface area contributed by atoms with Crippen molar-refractivity contribution < 1.29 is 9.15 Å². The summed E-state index contributed by atoms with van der Waals surface area (Å²) in [5.41, 5.74) is 8.02. The van der Waals surface area contributed by atoms with E-state index in [1.165, 1.54) is 5.56 Å². The highest BCUT2D eigenvalue weighted by atomic mass is 16.5. The fraction of sp³-hybridized carbons (Fsp3) is 0.320. The van der Waals surface area contributed by atoms with Crippen molar-refractivity contribution in [2.75, 3.05) is 13.2 Å². The highest BCUT2D eigenvalue weighted by Crippen LogP contribution is 2.41. The van der Waals surface area contributed by atoms with Crippen molar-refractivity contribution in [3.05, 3.63) is 66.2 Å². The van der Waals surface area contributed by atoms with Gasteiger partial charge in [-0.05, 0) is 37.3 Å². The number of nitrogens with zero attached hydrogens (tertiary/aromatic N) is 5. The number of aryl methyl sites for hydroxylation is 2. The summed E-state index contributed by atoms with van der Waals surface area (Å²) in [6.45, 7) is 3.57. The van der Waals surface area contributed by atoms with Crippen LogP contribution in [-0.2, 0) is 11.8 Å². The van der Waals surface area contributed by atoms with Crippen molar-refractivity contribution in [1.82, 2.24) is 24.5 Å². The van der Waals surface area contributed by atoms with Crippen molar-refractivity contribution in [2.24, 2.45) is 13.0 Å². The lowest BCUT2D eigenvalue weighted by molar-refractivity contribution is 0.0553. The Kier molecular flexibility index (Phi) is 4.57. The molecule has 0 amide bonds. The van der Waals surface area contributed by atoms with Gasteiger partial charge in [0.15, 0.2) is 5.58 Å². The molecule has 0 saturated carbocycles. The third kappa shape index (κ3) is 2.96. The molecule has 0 N–H and O–H groups in total. The molecule has 32 heavy (non-hydrogen) atoms. The lowest BCUT2D eigenvalue weighted by Crippen LogP contribution is -2.26. The van der Waals surface area contributed by atoms with Gasteiger partial charge < -0.3 is 13.7 Å². The summed E-state index contributed by atoms with van der Waals surface area (Å²) in [4.78, 5) is 4.85. The Morgan fingerprint density at radius 3 is 2.62 bits per heavy atom. The maximum Gasteiger partial charge on any atom is 0.178 e. The van der Waals surface area contributed by atoms with Crippen LogP contribution in [0.1, 0.15) is 30.1 Å². The molecule has 7 heteroatoms. The first-order chi connectivity index (χ1) is 15.7. The van der Waals surface area contributed by atoms with Crippen LogP contribution in [0.3, 0.4) is 0 Å². The Labute approximate surface area is 185 Å². The molecule has 1 saturated heterocycles. The molecular formula is C25H25N5O2. The lowest BCUT2D eigenvalue weighted by atomic mass is 9.86. The standard InChI is InChI=1S/C25H25N5O2/c1-16-23(29(2)28-27-16)19-14-21-22(26-15-19)25-20(10-13-32-25)30(21)24(17-6-4-3-5-7-17)18-8-11-31-12-9-18/h3-7,10,13-15,18,24H,8-9,11-12H2,1-2H3. The van der Waals surface area contributed by atoms with Crippen LogP contribution in [0.15, 0.2) is 59.3 Å². The van der Waals surface area contributed by atoms with E-state index in [9.17, 15) is 0 Å². The molecule has 4 aromatic heterocycles. The minimum atomic E-state index is 0.167. The smallest absolute Gasteiger partial charge is 0.178 e. The van der Waals surface area contributed by atoms with E-state index in [1.54, 1.807) is 6.26 Å². The van der Waals surface area contributed by atoms with Gasteiger partial charge in [0, 0.05) is 38.1 Å². The highest BCUT2D eigenvalue weighted by molar-refractivity contribution is 6.03. The summed E-state index contributed by atoms with van der Waals surface area (Å²) in [5, 5.41) is 8.41. The highest BCUT2D eigenvalue weighted by Gasteiger charge is 2.31. The van der Waals surface area contributed by atoms with Gasteiger partial charge in [0.25, 0.3) is 0 Å². The van der Waals surface area contributed by atoms with Crippen LogP contribution in [0.4, 0.5) is 0 Å². The minimum Gasteiger partial charge on any atom is -0.460 e. The Hall–Kier alpha value is -3.45. The summed E-state index contributed by atoms with van der Waals surface area (Å²) < 4.78 is 15.9. The first-order valence-corrected chi connectivity index (χ1v) is 11.1. The van der Waals surface area contributed by atoms with Crippen molar-refractivity contribution in [3.63, 3.8) is 0 Å². The zero-order valence-corrected chi connectivity index (χ0v) is 18.2. The number of ether oxygens (including phenoxy) is 1. The Morgan fingerprint density at radius 2 is 1.88 bits per heavy atom. The fourth-order valence-electron chi connectivity index (χ4n) is 5.21. The van der Waals surface area contributed by atoms with Gasteiger partial charge in [-0.1, -0.05) is 35.5 Å². The largest absolute Gasteiger partial charge is 0.460 e. The van der Waals surface area contributed by atoms with Gasteiger partial charge >= 0.3 is 0 Å². The molecule has 1 aliphatic rings. The summed E-state index contributed by atoms with van der Waals surface area (Å²) in [6, 6.07) is 15.2. The molecule has 5 heterocycles. The van der Waals surface area contributed by atoms with E-state index in [-0.39, 0.29) is 6.04 Å². The zero-order chi connectivity index (χ0) is 21.7. The third-order valence-electron chi connectivity index (χ3n) is 6.65. The SMILES string of the molecule is Cc1nnn(C)c1-c1cnc2c3occc3n(C(c3ccccc3)C3CCOCC3)c2c1. The number of hydrogen-bond acceptors (Lipinski definition) is 5. The Balaban J connectivity index is 1.63. The van der Waals surface area contributed by atoms with Crippen molar-refractivity contribution in [3.8, 4) is 11.3 Å². The maximum absolute atomic E-state index is 5.93. The monoisotopic (exact) mass is 427 g/mol. The second-order valence-electron chi connectivity index (χ2n) is 8.55. The van der Waals surface area contributed by atoms with Gasteiger partial charge in [0.1, 0.15) is 5.52 Å². The van der Waals surface area contributed by atoms with Gasteiger partial charge in [-0.2, -0.15) is 0 Å². The van der Waals surface area contributed by atoms with Crippen LogP contribution in [0.25, 0.3) is 33.4 Å². The number of hydrogen-bond donors (Lipinski definition) is 0. The van der Waals surface area contributed by atoms with Gasteiger partial charge in [-0.15, -0.1) is 5.10 Å². The zero-order valence-electron chi connectivity index (χ0n) is 18.2. The third-order valence-corrected chi connectivity index (χ3v) is 6.65. The van der Waals surface area contributed by atoms with Crippen molar-refractivity contribution >= 4 is 22.1 Å². The molecule has 1 aromatic carbocycles. The van der Waals surface area contributed by atoms with Gasteiger partial charge in [0.2, 0.25) is 0 Å². The molecule has 0 spiro atoms. The van der Waals surface area contributed by atoms with Gasteiger partial charge in [0.05, 0.1) is 34.7 Å². The van der Waals surface area contributed by atoms with Crippen LogP contribution >= 0.6 is 0 Å². The first-order valence-electron chi connectivity index (χ1n) is 11.1. The van der Waals surface area contributed by atoms with E-state index in [4.69, 9.17) is 14.1 Å². The van der Waals surface area contributed by atoms with Gasteiger partial charge in [-0.25, -0.2) is 9.67 Å². The minimum absolute atomic E-state index is 0.167. The summed E-state index contributed by atoms with van der Waals surface area (Å²) >= 11 is 0. The molecule has 0 bridgehead atoms. The first kappa shape index (κ1) is 19.3. The van der Waals surface area contributed by atoms with Gasteiger partial charge in [-0.3, -0.25) is 0 Å². The second-order valence-corrected chi connectivity index (χ2v) is 8.55. The van der Waals surface area contributed by atoms with Crippen LogP contribution in [0.5, 0.6) is 0 Å². The van der Waals surface area contributed by atoms with Crippen molar-refractivity contribution in [1.29, 1.82) is 0 Å². The van der Waals surface area contributed by atoms with Crippen LogP contribution in [0, 0.1) is 12.8 Å². The maximum atomic E-state index is 5.93. The molecule has 162 valence electrons. The van der Waals surface area contributed by atoms with E-state index in [2.05, 4.69) is 57.3 Å². The predicted octanol–water partition coefficient (Wildman–Crippen LogP) is 4.90. The van der Waals surface area contributed by atoms with Crippen LogP contribution in [-0.4, -0.2) is 37.8 Å². The average molecular weight is 428 g/mol. The van der Waals surface area contributed by atoms with Crippen LogP contribution in [0.2, 0.25) is 0 Å². The molecule has 1 fully saturated rings. The summed E-state index contributed by atoms with van der Waals surface area (Å²) in [7, 11) is 1.92. The van der Waals surface area contributed by atoms with E-state index in [0.29, 0.717) is 5.92 Å². The molecule has 7 nitrogen and oxygen atoms in total. The van der Waals surface area contributed by atoms with E-state index < -0.39 is 0 Å². The van der Waals surface area contributed by atoms with E-state index in [1.807, 2.05) is 24.9 Å². The summed E-state index contributed by atoms with van der Waals surface area (Å²) in [5.74, 6) is 0.462. The van der Waals surface area contributed by atoms with Crippen molar-refractivity contribution in [2.45, 2.75) is 25.8 Å². The number of rotatable bonds is 4. The number of furan rings is 1. The molecule has 1 unspecified atom stereocenters. The quantitative estimate of drug-likeness (QED) is 0.408. The number of aromatic nitrogens is 5. The van der Waals surface area contributed by atoms with E-state index in [0.717, 1.165) is 65.1 Å². The summed E-state index contributed by atoms with van der Waals surface area (Å²) in [6.07, 6.45) is 5.70. The number of benzene rings is 1. The molecular weight excluding hydrogens is 402 g/mol. The second kappa shape index (κ2) is 7.60. The molecule has 6 rings (SSSR count). The van der Waals surface area contributed by atoms with Crippen LogP contribution < -0.4 is 0 Å². The fourth-order valence-corrected chi connectivity index (χ4v) is 5.21. The normalized spacial score (nSPS) is 16.2. The topological polar surface area (TPSA) is 70.9 Å². The molecule has 1 aliphatic heterocycles. The Morgan fingerprint density at radius 1 is 1.06 bits per heavy atom. The predicted molar refractivity (Wildman–Crippen MR) is 122 cm³/mol. The number of pyridine rings is 1. The molecule has 0 aliphatic carbocycles. The van der Waals surface area contributed by atoms with E-state index >= 15 is 0 Å². The molecule has 0 radical (unpaired) electrons. The Bertz CT molecular complexity index is 1370. The number of fused-ring (bicyclic) bond motifs is 3.